The SMILES string of the molecule is OC[C@@H](O)[C@@H](COS)OS. The molecule has 0 saturated carbocycles. The summed E-state index contributed by atoms with van der Waals surface area (Å²) in [5.41, 5.74) is 0. The van der Waals surface area contributed by atoms with Crippen molar-refractivity contribution in [2.24, 2.45) is 0 Å². The monoisotopic (exact) mass is 186 g/mol. The summed E-state index contributed by atoms with van der Waals surface area (Å²) in [7, 11) is 0. The van der Waals surface area contributed by atoms with Gasteiger partial charge in [-0.15, -0.1) is 0 Å². The van der Waals surface area contributed by atoms with E-state index in [1.165, 1.54) is 0 Å². The summed E-state index contributed by atoms with van der Waals surface area (Å²) >= 11 is 6.90. The third-order valence-electron chi connectivity index (χ3n) is 0.990. The van der Waals surface area contributed by atoms with Crippen molar-refractivity contribution in [1.82, 2.24) is 0 Å². The van der Waals surface area contributed by atoms with Crippen LogP contribution < -0.4 is 0 Å². The Morgan fingerprint density at radius 2 is 2.00 bits per heavy atom. The molecule has 0 aliphatic carbocycles. The van der Waals surface area contributed by atoms with Gasteiger partial charge in [0, 0.05) is 0 Å². The first-order valence-electron chi connectivity index (χ1n) is 2.61. The van der Waals surface area contributed by atoms with Gasteiger partial charge >= 0.3 is 0 Å². The molecule has 0 spiro atoms. The molecule has 2 N–H and O–H groups in total. The maximum Gasteiger partial charge on any atom is 0.124 e. The van der Waals surface area contributed by atoms with Gasteiger partial charge in [-0.2, -0.15) is 0 Å². The molecule has 0 saturated heterocycles. The Morgan fingerprint density at radius 1 is 1.40 bits per heavy atom. The predicted octanol–water partition coefficient (Wildman–Crippen LogP) is -0.569. The molecule has 0 rings (SSSR count). The van der Waals surface area contributed by atoms with E-state index in [2.05, 4.69) is 34.2 Å². The molecule has 0 aliphatic rings. The largest absolute Gasteiger partial charge is 0.394 e. The van der Waals surface area contributed by atoms with Crippen molar-refractivity contribution in [3.63, 3.8) is 0 Å². The van der Waals surface area contributed by atoms with Crippen molar-refractivity contribution in [2.45, 2.75) is 12.2 Å². The van der Waals surface area contributed by atoms with Crippen LogP contribution in [0.1, 0.15) is 0 Å². The summed E-state index contributed by atoms with van der Waals surface area (Å²) in [5.74, 6) is 0. The van der Waals surface area contributed by atoms with Gasteiger partial charge < -0.3 is 18.6 Å². The van der Waals surface area contributed by atoms with Crippen molar-refractivity contribution in [1.29, 1.82) is 0 Å². The molecule has 0 radical (unpaired) electrons. The van der Waals surface area contributed by atoms with Crippen molar-refractivity contribution in [3.05, 3.63) is 0 Å². The van der Waals surface area contributed by atoms with E-state index in [1.807, 2.05) is 0 Å². The predicted molar refractivity (Wildman–Crippen MR) is 41.9 cm³/mol. The zero-order chi connectivity index (χ0) is 7.98. The summed E-state index contributed by atoms with van der Waals surface area (Å²) in [4.78, 5) is 0. The first-order chi connectivity index (χ1) is 4.76. The van der Waals surface area contributed by atoms with E-state index in [9.17, 15) is 0 Å². The van der Waals surface area contributed by atoms with Crippen LogP contribution in [0.2, 0.25) is 0 Å². The molecule has 0 aromatic rings. The third kappa shape index (κ3) is 3.65. The molecular formula is C4H10O4S2. The van der Waals surface area contributed by atoms with Gasteiger partial charge in [-0.05, 0) is 25.8 Å². The minimum atomic E-state index is -0.982. The zero-order valence-electron chi connectivity index (χ0n) is 5.17. The van der Waals surface area contributed by atoms with Crippen LogP contribution in [0, 0.1) is 0 Å². The van der Waals surface area contributed by atoms with Gasteiger partial charge in [0.2, 0.25) is 0 Å². The summed E-state index contributed by atoms with van der Waals surface area (Å²) in [5, 5.41) is 17.3. The lowest BCUT2D eigenvalue weighted by Gasteiger charge is -2.16. The van der Waals surface area contributed by atoms with E-state index in [4.69, 9.17) is 10.2 Å². The normalized spacial score (nSPS) is 16.8. The second-order valence-corrected chi connectivity index (χ2v) is 2.16. The molecule has 0 unspecified atom stereocenters. The van der Waals surface area contributed by atoms with Gasteiger partial charge in [-0.3, -0.25) is 0 Å². The molecule has 0 heterocycles. The van der Waals surface area contributed by atoms with Gasteiger partial charge in [-0.1, -0.05) is 0 Å². The summed E-state index contributed by atoms with van der Waals surface area (Å²) < 4.78 is 8.82. The molecular weight excluding hydrogens is 176 g/mol. The Morgan fingerprint density at radius 3 is 2.30 bits per heavy atom. The average molecular weight is 186 g/mol. The van der Waals surface area contributed by atoms with E-state index < -0.39 is 12.2 Å². The maximum absolute atomic E-state index is 8.91. The number of aliphatic hydroxyl groups excluding tert-OH is 2. The van der Waals surface area contributed by atoms with Crippen molar-refractivity contribution in [3.8, 4) is 0 Å². The molecule has 0 aliphatic heterocycles. The lowest BCUT2D eigenvalue weighted by atomic mass is 10.2. The van der Waals surface area contributed by atoms with Crippen LogP contribution in [-0.4, -0.2) is 35.6 Å². The fraction of sp³-hybridized carbons (Fsp3) is 1.00. The van der Waals surface area contributed by atoms with E-state index in [1.54, 1.807) is 0 Å². The lowest BCUT2D eigenvalue weighted by Crippen LogP contribution is -2.33. The van der Waals surface area contributed by atoms with Crippen LogP contribution in [-0.2, 0) is 8.37 Å². The van der Waals surface area contributed by atoms with Crippen LogP contribution in [0.5, 0.6) is 0 Å². The Kier molecular flexibility index (Phi) is 6.60. The Balaban J connectivity index is 3.56. The van der Waals surface area contributed by atoms with Crippen molar-refractivity contribution >= 4 is 25.8 Å². The van der Waals surface area contributed by atoms with E-state index in [0.29, 0.717) is 0 Å². The van der Waals surface area contributed by atoms with Crippen molar-refractivity contribution < 1.29 is 18.6 Å². The summed E-state index contributed by atoms with van der Waals surface area (Å²) in [6.45, 7) is -0.309. The number of hydrogen-bond donors (Lipinski definition) is 4. The van der Waals surface area contributed by atoms with Gasteiger partial charge in [-0.25, -0.2) is 0 Å². The highest BCUT2D eigenvalue weighted by Gasteiger charge is 2.17. The highest BCUT2D eigenvalue weighted by molar-refractivity contribution is 7.75. The number of hydrogen-bond acceptors (Lipinski definition) is 6. The first-order valence-corrected chi connectivity index (χ1v) is 3.34. The highest BCUT2D eigenvalue weighted by atomic mass is 32.1. The molecule has 0 fully saturated rings. The molecule has 10 heavy (non-hydrogen) atoms. The number of rotatable bonds is 5. The van der Waals surface area contributed by atoms with Gasteiger partial charge in [0.1, 0.15) is 12.2 Å². The number of aliphatic hydroxyl groups is 2. The van der Waals surface area contributed by atoms with Crippen molar-refractivity contribution in [2.75, 3.05) is 13.2 Å². The third-order valence-corrected chi connectivity index (χ3v) is 1.41. The minimum absolute atomic E-state index is 0.0777. The highest BCUT2D eigenvalue weighted by Crippen LogP contribution is 2.02. The zero-order valence-corrected chi connectivity index (χ0v) is 6.96. The average Bonchev–Trinajstić information content (AvgIpc) is 1.99. The fourth-order valence-corrected chi connectivity index (χ4v) is 0.751. The van der Waals surface area contributed by atoms with Gasteiger partial charge in [0.05, 0.1) is 13.2 Å². The van der Waals surface area contributed by atoms with Crippen LogP contribution in [0.4, 0.5) is 0 Å². The smallest absolute Gasteiger partial charge is 0.124 e. The molecule has 4 nitrogen and oxygen atoms in total. The van der Waals surface area contributed by atoms with Crippen LogP contribution in [0.3, 0.4) is 0 Å². The van der Waals surface area contributed by atoms with Crippen LogP contribution in [0.25, 0.3) is 0 Å². The quantitative estimate of drug-likeness (QED) is 0.343. The van der Waals surface area contributed by atoms with Gasteiger partial charge in [0.15, 0.2) is 0 Å². The topological polar surface area (TPSA) is 58.9 Å². The number of thiol groups is 2. The molecule has 0 amide bonds. The summed E-state index contributed by atoms with van der Waals surface area (Å²) in [6.07, 6.45) is -1.63. The molecule has 62 valence electrons. The summed E-state index contributed by atoms with van der Waals surface area (Å²) in [6, 6.07) is 0. The Bertz CT molecular complexity index is 81.7. The van der Waals surface area contributed by atoms with E-state index in [0.717, 1.165) is 0 Å². The Labute approximate surface area is 70.4 Å². The maximum atomic E-state index is 8.91. The van der Waals surface area contributed by atoms with E-state index in [-0.39, 0.29) is 13.2 Å². The van der Waals surface area contributed by atoms with Gasteiger partial charge in [0.25, 0.3) is 0 Å². The molecule has 0 aromatic carbocycles. The second-order valence-electron chi connectivity index (χ2n) is 1.69. The molecule has 6 heteroatoms. The minimum Gasteiger partial charge on any atom is -0.394 e. The molecule has 0 aromatic heterocycles. The fourth-order valence-electron chi connectivity index (χ4n) is 0.403. The molecule has 2 atom stereocenters. The lowest BCUT2D eigenvalue weighted by molar-refractivity contribution is -0.00715. The molecule has 0 bridgehead atoms. The second kappa shape index (κ2) is 6.26. The standard InChI is InChI=1S/C4H10O4S2/c5-1-3(6)4(8-10)2-7-9/h3-6,9-10H,1-2H2/t3-,4-/m1/s1. The van der Waals surface area contributed by atoms with Crippen LogP contribution >= 0.6 is 25.8 Å². The van der Waals surface area contributed by atoms with E-state index >= 15 is 0 Å². The first kappa shape index (κ1) is 10.5. The van der Waals surface area contributed by atoms with Crippen LogP contribution in [0.15, 0.2) is 0 Å². The Hall–Kier alpha value is 0.540.